The van der Waals surface area contributed by atoms with Crippen LogP contribution in [0.25, 0.3) is 0 Å². The monoisotopic (exact) mass is 422 g/mol. The van der Waals surface area contributed by atoms with Gasteiger partial charge in [-0.1, -0.05) is 25.5 Å². The largest absolute Gasteiger partial charge is 0.494 e. The van der Waals surface area contributed by atoms with E-state index in [0.717, 1.165) is 30.8 Å². The van der Waals surface area contributed by atoms with E-state index in [0.29, 0.717) is 13.2 Å². The number of hydrogen-bond acceptors (Lipinski definition) is 7. The molecule has 7 nitrogen and oxygen atoms in total. The second kappa shape index (κ2) is 8.73. The number of benzene rings is 1. The van der Waals surface area contributed by atoms with Gasteiger partial charge in [0.1, 0.15) is 30.2 Å². The summed E-state index contributed by atoms with van der Waals surface area (Å²) < 4.78 is 42.0. The van der Waals surface area contributed by atoms with Crippen LogP contribution in [0.15, 0.2) is 24.3 Å². The Kier molecular flexibility index (Phi) is 6.40. The lowest BCUT2D eigenvalue weighted by atomic mass is 10.1. The molecule has 0 radical (unpaired) electrons. The van der Waals surface area contributed by atoms with Gasteiger partial charge in [0, 0.05) is 0 Å². The molecule has 30 heavy (non-hydrogen) atoms. The molecule has 0 unspecified atom stereocenters. The Morgan fingerprint density at radius 3 is 2.40 bits per heavy atom. The van der Waals surface area contributed by atoms with Crippen molar-refractivity contribution in [3.63, 3.8) is 0 Å². The summed E-state index contributed by atoms with van der Waals surface area (Å²) in [6.45, 7) is 11.3. The fraction of sp³-hybridized carbons (Fsp3) is 0.739. The normalized spacial score (nSPS) is 34.2. The van der Waals surface area contributed by atoms with Gasteiger partial charge in [0.25, 0.3) is 0 Å². The number of rotatable bonds is 8. The molecule has 3 aliphatic heterocycles. The predicted octanol–water partition coefficient (Wildman–Crippen LogP) is 3.78. The van der Waals surface area contributed by atoms with E-state index in [9.17, 15) is 0 Å². The van der Waals surface area contributed by atoms with Crippen molar-refractivity contribution in [1.82, 2.24) is 0 Å². The summed E-state index contributed by atoms with van der Waals surface area (Å²) >= 11 is 0. The van der Waals surface area contributed by atoms with Crippen molar-refractivity contribution in [1.29, 1.82) is 0 Å². The summed E-state index contributed by atoms with van der Waals surface area (Å²) in [7, 11) is 0. The molecular weight excluding hydrogens is 388 g/mol. The van der Waals surface area contributed by atoms with Gasteiger partial charge in [-0.15, -0.1) is 0 Å². The Labute approximate surface area is 178 Å². The van der Waals surface area contributed by atoms with Crippen LogP contribution in [0.4, 0.5) is 0 Å². The van der Waals surface area contributed by atoms with E-state index in [1.807, 2.05) is 52.0 Å². The molecular formula is C23H34O7. The van der Waals surface area contributed by atoms with Crippen LogP contribution in [-0.2, 0) is 35.0 Å². The van der Waals surface area contributed by atoms with Crippen LogP contribution in [0.1, 0.15) is 53.0 Å². The molecule has 3 saturated heterocycles. The summed E-state index contributed by atoms with van der Waals surface area (Å²) in [6, 6.07) is 8.01. The summed E-state index contributed by atoms with van der Waals surface area (Å²) in [5.41, 5.74) is 1.06. The first-order valence-electron chi connectivity index (χ1n) is 10.9. The Hall–Kier alpha value is -1.22. The third-order valence-electron chi connectivity index (χ3n) is 5.56. The number of unbranched alkanes of at least 4 members (excludes halogenated alkanes) is 1. The van der Waals surface area contributed by atoms with Crippen LogP contribution in [0.2, 0.25) is 0 Å². The first-order valence-corrected chi connectivity index (χ1v) is 10.9. The van der Waals surface area contributed by atoms with Gasteiger partial charge >= 0.3 is 0 Å². The van der Waals surface area contributed by atoms with Crippen LogP contribution in [0.3, 0.4) is 0 Å². The van der Waals surface area contributed by atoms with E-state index >= 15 is 0 Å². The molecule has 0 N–H and O–H groups in total. The maximum absolute atomic E-state index is 6.32. The second-order valence-electron chi connectivity index (χ2n) is 9.06. The smallest absolute Gasteiger partial charge is 0.190 e. The molecule has 7 heteroatoms. The molecule has 4 rings (SSSR count). The van der Waals surface area contributed by atoms with Crippen LogP contribution in [0, 0.1) is 0 Å². The Morgan fingerprint density at radius 1 is 0.967 bits per heavy atom. The molecule has 1 aromatic carbocycles. The summed E-state index contributed by atoms with van der Waals surface area (Å²) in [5, 5.41) is 0. The first-order chi connectivity index (χ1) is 14.3. The topological polar surface area (TPSA) is 64.6 Å². The number of hydrogen-bond donors (Lipinski definition) is 0. The minimum atomic E-state index is -0.703. The van der Waals surface area contributed by atoms with E-state index < -0.39 is 17.9 Å². The molecule has 0 spiro atoms. The number of ether oxygens (including phenoxy) is 7. The molecule has 3 heterocycles. The third-order valence-corrected chi connectivity index (χ3v) is 5.56. The minimum Gasteiger partial charge on any atom is -0.494 e. The quantitative estimate of drug-likeness (QED) is 0.591. The zero-order valence-electron chi connectivity index (χ0n) is 18.6. The van der Waals surface area contributed by atoms with E-state index in [1.54, 1.807) is 0 Å². The van der Waals surface area contributed by atoms with Gasteiger partial charge in [-0.3, -0.25) is 0 Å². The maximum Gasteiger partial charge on any atom is 0.190 e. The maximum atomic E-state index is 6.32. The minimum absolute atomic E-state index is 0.236. The van der Waals surface area contributed by atoms with E-state index in [-0.39, 0.29) is 24.4 Å². The van der Waals surface area contributed by atoms with E-state index in [4.69, 9.17) is 33.2 Å². The fourth-order valence-electron chi connectivity index (χ4n) is 4.08. The van der Waals surface area contributed by atoms with Crippen LogP contribution in [-0.4, -0.2) is 55.5 Å². The standard InChI is InChI=1S/C23H34O7/c1-6-7-12-24-16-10-8-15(9-11-16)13-25-19-18(17-14-26-22(2,3)28-17)27-21-20(19)29-23(4,5)30-21/h8-11,17-21H,6-7,12-14H2,1-5H3/t17-,18-,19+,20-,21-/m1/s1. The molecule has 5 atom stereocenters. The lowest BCUT2D eigenvalue weighted by Gasteiger charge is -2.29. The summed E-state index contributed by atoms with van der Waals surface area (Å²) in [5.74, 6) is -0.460. The van der Waals surface area contributed by atoms with Gasteiger partial charge in [-0.05, 0) is 51.8 Å². The van der Waals surface area contributed by atoms with Crippen molar-refractivity contribution >= 4 is 0 Å². The first kappa shape index (κ1) is 22.0. The van der Waals surface area contributed by atoms with Crippen molar-refractivity contribution < 1.29 is 33.2 Å². The molecule has 0 bridgehead atoms. The number of fused-ring (bicyclic) bond motifs is 1. The van der Waals surface area contributed by atoms with Crippen LogP contribution >= 0.6 is 0 Å². The third kappa shape index (κ3) is 4.98. The fourth-order valence-corrected chi connectivity index (χ4v) is 4.08. The van der Waals surface area contributed by atoms with Crippen molar-refractivity contribution in [2.24, 2.45) is 0 Å². The molecule has 3 fully saturated rings. The molecule has 0 aromatic heterocycles. The molecule has 0 aliphatic carbocycles. The van der Waals surface area contributed by atoms with Gasteiger partial charge in [-0.25, -0.2) is 0 Å². The zero-order chi connectivity index (χ0) is 21.4. The van der Waals surface area contributed by atoms with Gasteiger partial charge in [-0.2, -0.15) is 0 Å². The molecule has 168 valence electrons. The highest BCUT2D eigenvalue weighted by Crippen LogP contribution is 2.42. The van der Waals surface area contributed by atoms with Crippen molar-refractivity contribution in [2.75, 3.05) is 13.2 Å². The highest BCUT2D eigenvalue weighted by atomic mass is 16.8. The average molecular weight is 423 g/mol. The van der Waals surface area contributed by atoms with Crippen LogP contribution < -0.4 is 4.74 Å². The van der Waals surface area contributed by atoms with E-state index in [2.05, 4.69) is 6.92 Å². The van der Waals surface area contributed by atoms with Crippen molar-refractivity contribution in [3.8, 4) is 5.75 Å². The summed E-state index contributed by atoms with van der Waals surface area (Å²) in [4.78, 5) is 0. The van der Waals surface area contributed by atoms with E-state index in [1.165, 1.54) is 0 Å². The lowest BCUT2D eigenvalue weighted by Crippen LogP contribution is -2.44. The zero-order valence-corrected chi connectivity index (χ0v) is 18.6. The van der Waals surface area contributed by atoms with Gasteiger partial charge < -0.3 is 33.2 Å². The van der Waals surface area contributed by atoms with Gasteiger partial charge in [0.15, 0.2) is 17.9 Å². The lowest BCUT2D eigenvalue weighted by molar-refractivity contribution is -0.236. The Bertz CT molecular complexity index is 702. The van der Waals surface area contributed by atoms with Crippen molar-refractivity contribution in [2.45, 2.75) is 96.3 Å². The van der Waals surface area contributed by atoms with Gasteiger partial charge in [0.2, 0.25) is 0 Å². The SMILES string of the molecule is CCCCOc1ccc(CO[C@@H]2[C@H]3OC(C)(C)O[C@H]3O[C@@H]2[C@H]2COC(C)(C)O2)cc1. The predicted molar refractivity (Wildman–Crippen MR) is 109 cm³/mol. The molecule has 0 amide bonds. The Morgan fingerprint density at radius 2 is 1.73 bits per heavy atom. The molecule has 1 aromatic rings. The highest BCUT2D eigenvalue weighted by Gasteiger charge is 2.58. The average Bonchev–Trinajstić information content (AvgIpc) is 3.30. The summed E-state index contributed by atoms with van der Waals surface area (Å²) in [6.07, 6.45) is 0.507. The van der Waals surface area contributed by atoms with Crippen LogP contribution in [0.5, 0.6) is 5.75 Å². The molecule has 3 aliphatic rings. The Balaban J connectivity index is 1.40. The van der Waals surface area contributed by atoms with Crippen molar-refractivity contribution in [3.05, 3.63) is 29.8 Å². The second-order valence-corrected chi connectivity index (χ2v) is 9.06. The van der Waals surface area contributed by atoms with Gasteiger partial charge in [0.05, 0.1) is 19.8 Å². The highest BCUT2D eigenvalue weighted by molar-refractivity contribution is 5.26. The molecule has 0 saturated carbocycles.